The summed E-state index contributed by atoms with van der Waals surface area (Å²) in [7, 11) is 0. The second-order valence-corrected chi connectivity index (χ2v) is 5.70. The molecule has 1 aromatic heterocycles. The normalized spacial score (nSPS) is 22.7. The largest absolute Gasteiger partial charge is 0.366 e. The summed E-state index contributed by atoms with van der Waals surface area (Å²) in [6.45, 7) is 2.54. The molecule has 1 unspecified atom stereocenters. The molecule has 1 aromatic rings. The number of hydrogen-bond donors (Lipinski definition) is 1. The molecular weight excluding hydrogens is 268 g/mol. The zero-order valence-electron chi connectivity index (χ0n) is 12.0. The van der Waals surface area contributed by atoms with E-state index >= 15 is 0 Å². The number of carbonyl (C=O) groups is 2. The van der Waals surface area contributed by atoms with Crippen molar-refractivity contribution in [3.63, 3.8) is 0 Å². The number of pyridine rings is 1. The van der Waals surface area contributed by atoms with E-state index < -0.39 is 5.91 Å². The summed E-state index contributed by atoms with van der Waals surface area (Å²) in [5.74, 6) is 0.588. The van der Waals surface area contributed by atoms with E-state index in [4.69, 9.17) is 5.73 Å². The van der Waals surface area contributed by atoms with Gasteiger partial charge in [0.25, 0.3) is 0 Å². The van der Waals surface area contributed by atoms with Crippen LogP contribution >= 0.6 is 0 Å². The van der Waals surface area contributed by atoms with Crippen LogP contribution in [0.15, 0.2) is 18.3 Å². The van der Waals surface area contributed by atoms with Gasteiger partial charge in [-0.15, -0.1) is 0 Å². The van der Waals surface area contributed by atoms with Gasteiger partial charge < -0.3 is 15.5 Å². The van der Waals surface area contributed by atoms with Crippen molar-refractivity contribution in [1.29, 1.82) is 0 Å². The number of nitrogens with two attached hydrogens (primary N) is 1. The molecule has 3 heterocycles. The van der Waals surface area contributed by atoms with Gasteiger partial charge in [0.2, 0.25) is 11.8 Å². The van der Waals surface area contributed by atoms with E-state index in [9.17, 15) is 9.59 Å². The maximum Gasteiger partial charge on any atom is 0.248 e. The number of primary amides is 1. The molecular formula is C15H20N4O2. The van der Waals surface area contributed by atoms with Gasteiger partial charge in [-0.2, -0.15) is 0 Å². The summed E-state index contributed by atoms with van der Waals surface area (Å²) in [5, 5.41) is 0. The van der Waals surface area contributed by atoms with E-state index in [1.54, 1.807) is 18.3 Å². The van der Waals surface area contributed by atoms with Crippen molar-refractivity contribution in [1.82, 2.24) is 9.88 Å². The maximum absolute atomic E-state index is 11.9. The average Bonchev–Trinajstić information content (AvgIpc) is 2.94. The third-order valence-electron chi connectivity index (χ3n) is 4.30. The number of amides is 2. The topological polar surface area (TPSA) is 79.5 Å². The highest BCUT2D eigenvalue weighted by atomic mass is 16.2. The lowest BCUT2D eigenvalue weighted by Crippen LogP contribution is -2.48. The van der Waals surface area contributed by atoms with Gasteiger partial charge in [0.15, 0.2) is 0 Å². The Hall–Kier alpha value is -2.11. The van der Waals surface area contributed by atoms with Crippen molar-refractivity contribution in [2.45, 2.75) is 31.7 Å². The van der Waals surface area contributed by atoms with Crippen molar-refractivity contribution in [3.8, 4) is 0 Å². The lowest BCUT2D eigenvalue weighted by Gasteiger charge is -2.38. The number of rotatable bonds is 3. The van der Waals surface area contributed by atoms with Crippen LogP contribution in [0.4, 0.5) is 5.82 Å². The molecule has 2 N–H and O–H groups in total. The SMILES string of the molecule is NC(=O)c1ccnc(N2CCCC(N3CCCC3=O)C2)c1. The van der Waals surface area contributed by atoms with Crippen molar-refractivity contribution in [2.24, 2.45) is 5.73 Å². The number of anilines is 1. The predicted molar refractivity (Wildman–Crippen MR) is 78.9 cm³/mol. The van der Waals surface area contributed by atoms with Crippen LogP contribution in [0, 0.1) is 0 Å². The van der Waals surface area contributed by atoms with E-state index in [0.29, 0.717) is 12.0 Å². The quantitative estimate of drug-likeness (QED) is 0.891. The minimum absolute atomic E-state index is 0.257. The number of carbonyl (C=O) groups excluding carboxylic acids is 2. The zero-order valence-corrected chi connectivity index (χ0v) is 12.0. The molecule has 6 nitrogen and oxygen atoms in total. The Bertz CT molecular complexity index is 560. The van der Waals surface area contributed by atoms with Crippen molar-refractivity contribution in [2.75, 3.05) is 24.5 Å². The number of nitrogens with zero attached hydrogens (tertiary/aromatic N) is 3. The first-order valence-electron chi connectivity index (χ1n) is 7.45. The van der Waals surface area contributed by atoms with Gasteiger partial charge in [0.1, 0.15) is 5.82 Å². The van der Waals surface area contributed by atoms with Crippen molar-refractivity contribution >= 4 is 17.6 Å². The lowest BCUT2D eigenvalue weighted by molar-refractivity contribution is -0.129. The Morgan fingerprint density at radius 2 is 2.19 bits per heavy atom. The maximum atomic E-state index is 11.9. The molecule has 112 valence electrons. The van der Waals surface area contributed by atoms with Gasteiger partial charge in [-0.05, 0) is 31.4 Å². The average molecular weight is 288 g/mol. The molecule has 2 aliphatic heterocycles. The fourth-order valence-electron chi connectivity index (χ4n) is 3.22. The second kappa shape index (κ2) is 5.71. The smallest absolute Gasteiger partial charge is 0.248 e. The van der Waals surface area contributed by atoms with Gasteiger partial charge >= 0.3 is 0 Å². The first-order valence-corrected chi connectivity index (χ1v) is 7.45. The summed E-state index contributed by atoms with van der Waals surface area (Å²) < 4.78 is 0. The van der Waals surface area contributed by atoms with Crippen LogP contribution in [0.1, 0.15) is 36.0 Å². The molecule has 2 saturated heterocycles. The predicted octanol–water partition coefficient (Wildman–Crippen LogP) is 0.772. The molecule has 0 aliphatic carbocycles. The Morgan fingerprint density at radius 3 is 2.90 bits per heavy atom. The second-order valence-electron chi connectivity index (χ2n) is 5.70. The van der Waals surface area contributed by atoms with Crippen LogP contribution in [-0.4, -0.2) is 47.4 Å². The minimum Gasteiger partial charge on any atom is -0.366 e. The summed E-state index contributed by atoms with van der Waals surface area (Å²) in [5.41, 5.74) is 5.79. The van der Waals surface area contributed by atoms with Crippen LogP contribution in [0.5, 0.6) is 0 Å². The summed E-state index contributed by atoms with van der Waals surface area (Å²) in [4.78, 5) is 31.7. The minimum atomic E-state index is -0.443. The van der Waals surface area contributed by atoms with Gasteiger partial charge in [-0.1, -0.05) is 0 Å². The number of piperidine rings is 1. The first kappa shape index (κ1) is 13.9. The Labute approximate surface area is 123 Å². The zero-order chi connectivity index (χ0) is 14.8. The molecule has 0 aromatic carbocycles. The van der Waals surface area contributed by atoms with Gasteiger partial charge in [0.05, 0.1) is 0 Å². The highest BCUT2D eigenvalue weighted by molar-refractivity contribution is 5.93. The molecule has 2 fully saturated rings. The highest BCUT2D eigenvalue weighted by Gasteiger charge is 2.31. The lowest BCUT2D eigenvalue weighted by atomic mass is 10.0. The van der Waals surface area contributed by atoms with Crippen LogP contribution in [-0.2, 0) is 4.79 Å². The monoisotopic (exact) mass is 288 g/mol. The number of aromatic nitrogens is 1. The van der Waals surface area contributed by atoms with Crippen molar-refractivity contribution < 1.29 is 9.59 Å². The number of likely N-dealkylation sites (tertiary alicyclic amines) is 1. The molecule has 2 amide bonds. The molecule has 0 bridgehead atoms. The summed E-state index contributed by atoms with van der Waals surface area (Å²) >= 11 is 0. The first-order chi connectivity index (χ1) is 10.1. The van der Waals surface area contributed by atoms with E-state index in [0.717, 1.165) is 44.7 Å². The van der Waals surface area contributed by atoms with Gasteiger partial charge in [0, 0.05) is 43.9 Å². The van der Waals surface area contributed by atoms with E-state index in [2.05, 4.69) is 9.88 Å². The fourth-order valence-corrected chi connectivity index (χ4v) is 3.22. The molecule has 3 rings (SSSR count). The van der Waals surface area contributed by atoms with Gasteiger partial charge in [-0.25, -0.2) is 4.98 Å². The molecule has 0 saturated carbocycles. The third-order valence-corrected chi connectivity index (χ3v) is 4.30. The van der Waals surface area contributed by atoms with Crippen LogP contribution in [0.2, 0.25) is 0 Å². The summed E-state index contributed by atoms with van der Waals surface area (Å²) in [6.07, 6.45) is 5.31. The van der Waals surface area contributed by atoms with Gasteiger partial charge in [-0.3, -0.25) is 9.59 Å². The summed E-state index contributed by atoms with van der Waals surface area (Å²) in [6, 6.07) is 3.61. The van der Waals surface area contributed by atoms with E-state index in [1.165, 1.54) is 0 Å². The molecule has 0 spiro atoms. The third kappa shape index (κ3) is 2.84. The van der Waals surface area contributed by atoms with E-state index in [1.807, 2.05) is 4.90 Å². The number of hydrogen-bond acceptors (Lipinski definition) is 4. The molecule has 2 aliphatic rings. The Kier molecular flexibility index (Phi) is 3.77. The molecule has 0 radical (unpaired) electrons. The fraction of sp³-hybridized carbons (Fsp3) is 0.533. The van der Waals surface area contributed by atoms with Crippen LogP contribution in [0.25, 0.3) is 0 Å². The highest BCUT2D eigenvalue weighted by Crippen LogP contribution is 2.24. The molecule has 21 heavy (non-hydrogen) atoms. The van der Waals surface area contributed by atoms with Crippen LogP contribution in [0.3, 0.4) is 0 Å². The Morgan fingerprint density at radius 1 is 1.33 bits per heavy atom. The van der Waals surface area contributed by atoms with Crippen LogP contribution < -0.4 is 10.6 Å². The van der Waals surface area contributed by atoms with Crippen molar-refractivity contribution in [3.05, 3.63) is 23.9 Å². The molecule has 6 heteroatoms. The standard InChI is InChI=1S/C15H20N4O2/c16-15(21)11-5-6-17-13(9-11)18-7-1-3-12(10-18)19-8-2-4-14(19)20/h5-6,9,12H,1-4,7-8,10H2,(H2,16,21). The molecule has 1 atom stereocenters. The Balaban J connectivity index is 1.75. The van der Waals surface area contributed by atoms with E-state index in [-0.39, 0.29) is 11.9 Å².